The molecule has 0 saturated carbocycles. The first kappa shape index (κ1) is 12.6. The molecule has 0 aliphatic carbocycles. The van der Waals surface area contributed by atoms with Gasteiger partial charge in [-0.1, -0.05) is 11.6 Å². The Balaban J connectivity index is 3.15. The van der Waals surface area contributed by atoms with Crippen molar-refractivity contribution in [1.29, 1.82) is 0 Å². The standard InChI is InChI=1S/C9H6ClF3O3/c10-6-3-5(11)1-4(2-7(14)15)8(6)16-9(12)13/h1,3,9H,2H2,(H,14,15). The van der Waals surface area contributed by atoms with Gasteiger partial charge < -0.3 is 9.84 Å². The Kier molecular flexibility index (Phi) is 4.00. The van der Waals surface area contributed by atoms with Crippen LogP contribution >= 0.6 is 11.6 Å². The Labute approximate surface area is 93.4 Å². The Morgan fingerprint density at radius 1 is 1.50 bits per heavy atom. The number of carboxylic acids is 1. The van der Waals surface area contributed by atoms with Gasteiger partial charge in [-0.25, -0.2) is 4.39 Å². The molecule has 0 atom stereocenters. The number of rotatable bonds is 4. The molecule has 0 aliphatic rings. The van der Waals surface area contributed by atoms with E-state index in [0.29, 0.717) is 0 Å². The fraction of sp³-hybridized carbons (Fsp3) is 0.222. The maximum Gasteiger partial charge on any atom is 0.387 e. The van der Waals surface area contributed by atoms with Crippen molar-refractivity contribution in [3.05, 3.63) is 28.5 Å². The molecule has 0 saturated heterocycles. The third-order valence-electron chi connectivity index (χ3n) is 1.63. The number of ether oxygens (including phenoxy) is 1. The van der Waals surface area contributed by atoms with Gasteiger partial charge in [0, 0.05) is 5.56 Å². The highest BCUT2D eigenvalue weighted by Crippen LogP contribution is 2.31. The minimum atomic E-state index is -3.16. The number of alkyl halides is 2. The van der Waals surface area contributed by atoms with Crippen LogP contribution in [0, 0.1) is 5.82 Å². The maximum atomic E-state index is 12.9. The van der Waals surface area contributed by atoms with E-state index >= 15 is 0 Å². The molecule has 1 aromatic carbocycles. The topological polar surface area (TPSA) is 46.5 Å². The molecule has 0 heterocycles. The smallest absolute Gasteiger partial charge is 0.387 e. The second kappa shape index (κ2) is 5.07. The van der Waals surface area contributed by atoms with Gasteiger partial charge in [0.15, 0.2) is 0 Å². The van der Waals surface area contributed by atoms with Crippen molar-refractivity contribution in [3.63, 3.8) is 0 Å². The first-order chi connectivity index (χ1) is 7.40. The van der Waals surface area contributed by atoms with Gasteiger partial charge >= 0.3 is 12.6 Å². The summed E-state index contributed by atoms with van der Waals surface area (Å²) < 4.78 is 40.9. The van der Waals surface area contributed by atoms with E-state index in [4.69, 9.17) is 16.7 Å². The number of halogens is 4. The number of hydrogen-bond acceptors (Lipinski definition) is 2. The van der Waals surface area contributed by atoms with E-state index in [1.807, 2.05) is 0 Å². The normalized spacial score (nSPS) is 10.6. The molecule has 3 nitrogen and oxygen atoms in total. The van der Waals surface area contributed by atoms with Gasteiger partial charge in [-0.3, -0.25) is 4.79 Å². The monoisotopic (exact) mass is 254 g/mol. The zero-order valence-electron chi connectivity index (χ0n) is 7.71. The highest BCUT2D eigenvalue weighted by Gasteiger charge is 2.17. The lowest BCUT2D eigenvalue weighted by Gasteiger charge is -2.11. The molecule has 0 aliphatic heterocycles. The van der Waals surface area contributed by atoms with E-state index in [0.717, 1.165) is 12.1 Å². The van der Waals surface area contributed by atoms with Crippen molar-refractivity contribution >= 4 is 17.6 Å². The van der Waals surface area contributed by atoms with Crippen molar-refractivity contribution in [3.8, 4) is 5.75 Å². The fourth-order valence-electron chi connectivity index (χ4n) is 1.13. The molecule has 88 valence electrons. The minimum Gasteiger partial charge on any atom is -0.481 e. The molecule has 7 heteroatoms. The van der Waals surface area contributed by atoms with Crippen LogP contribution in [-0.2, 0) is 11.2 Å². The summed E-state index contributed by atoms with van der Waals surface area (Å²) in [6.07, 6.45) is -0.653. The average Bonchev–Trinajstić information content (AvgIpc) is 2.09. The van der Waals surface area contributed by atoms with Gasteiger partial charge in [0.2, 0.25) is 0 Å². The van der Waals surface area contributed by atoms with Crippen LogP contribution in [0.5, 0.6) is 5.75 Å². The molecule has 0 bridgehead atoms. The molecule has 0 amide bonds. The van der Waals surface area contributed by atoms with Crippen LogP contribution in [0.4, 0.5) is 13.2 Å². The molecule has 0 spiro atoms. The van der Waals surface area contributed by atoms with Gasteiger partial charge in [0.1, 0.15) is 11.6 Å². The Hall–Kier alpha value is -1.43. The molecule has 0 radical (unpaired) electrons. The number of carbonyl (C=O) groups is 1. The molecular formula is C9H6ClF3O3. The van der Waals surface area contributed by atoms with E-state index in [9.17, 15) is 18.0 Å². The lowest BCUT2D eigenvalue weighted by molar-refractivity contribution is -0.136. The quantitative estimate of drug-likeness (QED) is 0.899. The number of carboxylic acid groups (broad SMARTS) is 1. The summed E-state index contributed by atoms with van der Waals surface area (Å²) in [7, 11) is 0. The summed E-state index contributed by atoms with van der Waals surface area (Å²) in [6.45, 7) is -3.16. The predicted molar refractivity (Wildman–Crippen MR) is 49.4 cm³/mol. The van der Waals surface area contributed by atoms with E-state index in [-0.39, 0.29) is 5.56 Å². The van der Waals surface area contributed by atoms with Gasteiger partial charge in [-0.2, -0.15) is 8.78 Å². The Morgan fingerprint density at radius 3 is 2.62 bits per heavy atom. The second-order valence-corrected chi connectivity index (χ2v) is 3.23. The van der Waals surface area contributed by atoms with E-state index in [2.05, 4.69) is 4.74 Å². The van der Waals surface area contributed by atoms with Crippen LogP contribution in [0.1, 0.15) is 5.56 Å². The number of hydrogen-bond donors (Lipinski definition) is 1. The van der Waals surface area contributed by atoms with Crippen molar-refractivity contribution in [2.45, 2.75) is 13.0 Å². The molecule has 1 rings (SSSR count). The maximum absolute atomic E-state index is 12.9. The third kappa shape index (κ3) is 3.30. The Bertz CT molecular complexity index is 409. The SMILES string of the molecule is O=C(O)Cc1cc(F)cc(Cl)c1OC(F)F. The average molecular weight is 255 g/mol. The zero-order valence-corrected chi connectivity index (χ0v) is 8.47. The van der Waals surface area contributed by atoms with Crippen molar-refractivity contribution in [2.75, 3.05) is 0 Å². The molecule has 0 unspecified atom stereocenters. The van der Waals surface area contributed by atoms with Crippen LogP contribution < -0.4 is 4.74 Å². The van der Waals surface area contributed by atoms with Crippen LogP contribution in [0.2, 0.25) is 5.02 Å². The van der Waals surface area contributed by atoms with Crippen molar-refractivity contribution in [2.24, 2.45) is 0 Å². The third-order valence-corrected chi connectivity index (χ3v) is 1.91. The van der Waals surface area contributed by atoms with Crippen LogP contribution in [0.15, 0.2) is 12.1 Å². The summed E-state index contributed by atoms with van der Waals surface area (Å²) >= 11 is 5.47. The summed E-state index contributed by atoms with van der Waals surface area (Å²) in [5.74, 6) is -2.64. The Morgan fingerprint density at radius 2 is 2.12 bits per heavy atom. The highest BCUT2D eigenvalue weighted by molar-refractivity contribution is 6.32. The fourth-order valence-corrected chi connectivity index (χ4v) is 1.40. The van der Waals surface area contributed by atoms with Gasteiger partial charge in [-0.15, -0.1) is 0 Å². The lowest BCUT2D eigenvalue weighted by Crippen LogP contribution is -2.08. The molecule has 1 aromatic rings. The van der Waals surface area contributed by atoms with Gasteiger partial charge in [-0.05, 0) is 12.1 Å². The summed E-state index contributed by atoms with van der Waals surface area (Å²) in [5, 5.41) is 8.11. The largest absolute Gasteiger partial charge is 0.481 e. The molecular weight excluding hydrogens is 249 g/mol. The van der Waals surface area contributed by atoms with Crippen molar-refractivity contribution in [1.82, 2.24) is 0 Å². The van der Waals surface area contributed by atoms with Gasteiger partial charge in [0.25, 0.3) is 0 Å². The number of benzene rings is 1. The number of aliphatic carboxylic acids is 1. The van der Waals surface area contributed by atoms with Crippen molar-refractivity contribution < 1.29 is 27.8 Å². The molecule has 0 aromatic heterocycles. The zero-order chi connectivity index (χ0) is 12.3. The van der Waals surface area contributed by atoms with E-state index < -0.39 is 35.6 Å². The first-order valence-electron chi connectivity index (χ1n) is 4.04. The van der Waals surface area contributed by atoms with Crippen LogP contribution in [0.25, 0.3) is 0 Å². The van der Waals surface area contributed by atoms with E-state index in [1.54, 1.807) is 0 Å². The molecule has 1 N–H and O–H groups in total. The molecule has 16 heavy (non-hydrogen) atoms. The lowest BCUT2D eigenvalue weighted by atomic mass is 10.1. The van der Waals surface area contributed by atoms with Gasteiger partial charge in [0.05, 0.1) is 11.4 Å². The van der Waals surface area contributed by atoms with E-state index in [1.165, 1.54) is 0 Å². The second-order valence-electron chi connectivity index (χ2n) is 2.82. The van der Waals surface area contributed by atoms with Crippen LogP contribution in [-0.4, -0.2) is 17.7 Å². The molecule has 0 fully saturated rings. The predicted octanol–water partition coefficient (Wildman–Crippen LogP) is 2.71. The van der Waals surface area contributed by atoms with Crippen LogP contribution in [0.3, 0.4) is 0 Å². The summed E-state index contributed by atoms with van der Waals surface area (Å²) in [5.41, 5.74) is -0.238. The summed E-state index contributed by atoms with van der Waals surface area (Å²) in [6, 6.07) is 1.56. The summed E-state index contributed by atoms with van der Waals surface area (Å²) in [4.78, 5) is 10.4. The highest BCUT2D eigenvalue weighted by atomic mass is 35.5. The first-order valence-corrected chi connectivity index (χ1v) is 4.42. The minimum absolute atomic E-state index is 0.238.